The van der Waals surface area contributed by atoms with Gasteiger partial charge in [0.05, 0.1) is 6.54 Å². The number of hydrogen-bond acceptors (Lipinski definition) is 3. The van der Waals surface area contributed by atoms with Gasteiger partial charge in [-0.2, -0.15) is 5.10 Å². The van der Waals surface area contributed by atoms with Crippen LogP contribution in [-0.4, -0.2) is 45.6 Å². The van der Waals surface area contributed by atoms with Crippen molar-refractivity contribution in [3.05, 3.63) is 18.0 Å². The molecule has 98 valence electrons. The van der Waals surface area contributed by atoms with E-state index in [9.17, 15) is 9.59 Å². The summed E-state index contributed by atoms with van der Waals surface area (Å²) in [6.07, 6.45) is 3.78. The lowest BCUT2D eigenvalue weighted by Crippen LogP contribution is -2.41. The molecule has 1 aliphatic heterocycles. The smallest absolute Gasteiger partial charge is 0.272 e. The molecule has 1 aromatic rings. The summed E-state index contributed by atoms with van der Waals surface area (Å²) < 4.78 is 1.55. The van der Waals surface area contributed by atoms with E-state index in [-0.39, 0.29) is 24.4 Å². The summed E-state index contributed by atoms with van der Waals surface area (Å²) in [5.74, 6) is -0.333. The summed E-state index contributed by atoms with van der Waals surface area (Å²) in [5.41, 5.74) is 0.333. The number of rotatable bonds is 3. The van der Waals surface area contributed by atoms with E-state index in [1.54, 1.807) is 24.0 Å². The van der Waals surface area contributed by atoms with Crippen LogP contribution in [0.2, 0.25) is 0 Å². The van der Waals surface area contributed by atoms with Crippen LogP contribution in [0.25, 0.3) is 0 Å². The van der Waals surface area contributed by atoms with Gasteiger partial charge in [0.2, 0.25) is 5.91 Å². The van der Waals surface area contributed by atoms with Gasteiger partial charge in [-0.3, -0.25) is 14.3 Å². The zero-order chi connectivity index (χ0) is 13.1. The maximum absolute atomic E-state index is 11.9. The van der Waals surface area contributed by atoms with Gasteiger partial charge in [-0.15, -0.1) is 0 Å². The van der Waals surface area contributed by atoms with Crippen LogP contribution in [0.5, 0.6) is 0 Å². The average molecular weight is 250 g/mol. The molecular weight excluding hydrogens is 232 g/mol. The van der Waals surface area contributed by atoms with Gasteiger partial charge in [0, 0.05) is 25.8 Å². The number of likely N-dealkylation sites (tertiary alicyclic amines) is 1. The molecule has 0 unspecified atom stereocenters. The number of amides is 2. The molecule has 0 aromatic carbocycles. The summed E-state index contributed by atoms with van der Waals surface area (Å²) >= 11 is 0. The van der Waals surface area contributed by atoms with Crippen molar-refractivity contribution in [3.8, 4) is 0 Å². The topological polar surface area (TPSA) is 67.2 Å². The van der Waals surface area contributed by atoms with Crippen molar-refractivity contribution in [2.24, 2.45) is 7.05 Å². The second-order valence-corrected chi connectivity index (χ2v) is 4.64. The van der Waals surface area contributed by atoms with Crippen LogP contribution in [0.15, 0.2) is 12.3 Å². The first-order chi connectivity index (χ1) is 8.58. The van der Waals surface area contributed by atoms with E-state index in [0.29, 0.717) is 5.69 Å². The lowest BCUT2D eigenvalue weighted by molar-refractivity contribution is -0.130. The molecule has 2 amide bonds. The molecule has 1 atom stereocenters. The van der Waals surface area contributed by atoms with Crippen molar-refractivity contribution in [2.75, 3.05) is 13.1 Å². The minimum Gasteiger partial charge on any atom is -0.342 e. The molecule has 2 heterocycles. The van der Waals surface area contributed by atoms with Crippen molar-refractivity contribution >= 4 is 11.8 Å². The molecule has 0 saturated carbocycles. The minimum absolute atomic E-state index is 0.0238. The molecule has 1 aliphatic rings. The maximum Gasteiger partial charge on any atom is 0.272 e. The Morgan fingerprint density at radius 1 is 1.56 bits per heavy atom. The maximum atomic E-state index is 11.9. The highest BCUT2D eigenvalue weighted by Gasteiger charge is 2.25. The third-order valence-electron chi connectivity index (χ3n) is 3.22. The van der Waals surface area contributed by atoms with Crippen LogP contribution in [0.1, 0.15) is 30.3 Å². The van der Waals surface area contributed by atoms with Crippen LogP contribution in [0.3, 0.4) is 0 Å². The first kappa shape index (κ1) is 12.6. The molecule has 1 aromatic heterocycles. The van der Waals surface area contributed by atoms with Crippen LogP contribution in [0, 0.1) is 0 Å². The second-order valence-electron chi connectivity index (χ2n) is 4.64. The molecule has 18 heavy (non-hydrogen) atoms. The molecule has 1 N–H and O–H groups in total. The zero-order valence-corrected chi connectivity index (χ0v) is 10.7. The fourth-order valence-electron chi connectivity index (χ4n) is 2.19. The Balaban J connectivity index is 1.84. The van der Waals surface area contributed by atoms with Gasteiger partial charge < -0.3 is 10.2 Å². The minimum atomic E-state index is -0.309. The van der Waals surface area contributed by atoms with Gasteiger partial charge in [-0.25, -0.2) is 0 Å². The number of nitrogens with one attached hydrogen (secondary N) is 1. The SMILES string of the molecule is C[C@@H]1CCCN1C(=O)CNC(=O)c1ccn(C)n1. The third-order valence-corrected chi connectivity index (χ3v) is 3.22. The standard InChI is InChI=1S/C12H18N4O2/c1-9-4-3-6-16(9)11(17)8-13-12(18)10-5-7-15(2)14-10/h5,7,9H,3-4,6,8H2,1-2H3,(H,13,18)/t9-/m1/s1. The third kappa shape index (κ3) is 2.69. The molecule has 0 radical (unpaired) electrons. The number of carbonyl (C=O) groups is 2. The molecule has 6 nitrogen and oxygen atoms in total. The van der Waals surface area contributed by atoms with Gasteiger partial charge in [0.1, 0.15) is 5.69 Å². The summed E-state index contributed by atoms with van der Waals surface area (Å²) in [6, 6.07) is 1.91. The van der Waals surface area contributed by atoms with Gasteiger partial charge >= 0.3 is 0 Å². The molecule has 1 fully saturated rings. The number of aromatic nitrogens is 2. The van der Waals surface area contributed by atoms with Gasteiger partial charge in [0.15, 0.2) is 0 Å². The summed E-state index contributed by atoms with van der Waals surface area (Å²) in [7, 11) is 1.74. The van der Waals surface area contributed by atoms with E-state index in [2.05, 4.69) is 10.4 Å². The fraction of sp³-hybridized carbons (Fsp3) is 0.583. The van der Waals surface area contributed by atoms with E-state index in [4.69, 9.17) is 0 Å². The summed E-state index contributed by atoms with van der Waals surface area (Å²) in [6.45, 7) is 2.87. The first-order valence-electron chi connectivity index (χ1n) is 6.15. The molecule has 0 aliphatic carbocycles. The Labute approximate surface area is 106 Å². The summed E-state index contributed by atoms with van der Waals surface area (Å²) in [4.78, 5) is 25.4. The van der Waals surface area contributed by atoms with E-state index in [1.165, 1.54) is 0 Å². The van der Waals surface area contributed by atoms with Gasteiger partial charge in [-0.05, 0) is 25.8 Å². The van der Waals surface area contributed by atoms with E-state index < -0.39 is 0 Å². The number of nitrogens with zero attached hydrogens (tertiary/aromatic N) is 3. The highest BCUT2D eigenvalue weighted by atomic mass is 16.2. The predicted molar refractivity (Wildman–Crippen MR) is 66.0 cm³/mol. The Morgan fingerprint density at radius 2 is 2.33 bits per heavy atom. The number of aryl methyl sites for hydroxylation is 1. The quantitative estimate of drug-likeness (QED) is 0.831. The van der Waals surface area contributed by atoms with E-state index in [0.717, 1.165) is 19.4 Å². The largest absolute Gasteiger partial charge is 0.342 e. The zero-order valence-electron chi connectivity index (χ0n) is 10.7. The van der Waals surface area contributed by atoms with Crippen molar-refractivity contribution in [3.63, 3.8) is 0 Å². The van der Waals surface area contributed by atoms with Crippen molar-refractivity contribution < 1.29 is 9.59 Å². The van der Waals surface area contributed by atoms with E-state index in [1.807, 2.05) is 11.8 Å². The first-order valence-corrected chi connectivity index (χ1v) is 6.15. The van der Waals surface area contributed by atoms with Crippen LogP contribution in [-0.2, 0) is 11.8 Å². The van der Waals surface area contributed by atoms with Crippen molar-refractivity contribution in [1.29, 1.82) is 0 Å². The Hall–Kier alpha value is -1.85. The summed E-state index contributed by atoms with van der Waals surface area (Å²) in [5, 5.41) is 6.58. The Morgan fingerprint density at radius 3 is 2.89 bits per heavy atom. The van der Waals surface area contributed by atoms with Crippen LogP contribution in [0.4, 0.5) is 0 Å². The number of hydrogen-bond donors (Lipinski definition) is 1. The predicted octanol–water partition coefficient (Wildman–Crippen LogP) is 0.161. The average Bonchev–Trinajstić information content (AvgIpc) is 2.94. The van der Waals surface area contributed by atoms with Crippen molar-refractivity contribution in [2.45, 2.75) is 25.8 Å². The molecule has 6 heteroatoms. The highest BCUT2D eigenvalue weighted by Crippen LogP contribution is 2.15. The lowest BCUT2D eigenvalue weighted by atomic mass is 10.2. The second kappa shape index (κ2) is 5.20. The van der Waals surface area contributed by atoms with Gasteiger partial charge in [0.25, 0.3) is 5.91 Å². The lowest BCUT2D eigenvalue weighted by Gasteiger charge is -2.21. The molecule has 0 spiro atoms. The molecule has 0 bridgehead atoms. The normalized spacial score (nSPS) is 19.0. The fourth-order valence-corrected chi connectivity index (χ4v) is 2.19. The van der Waals surface area contributed by atoms with Crippen molar-refractivity contribution in [1.82, 2.24) is 20.0 Å². The number of carbonyl (C=O) groups excluding carboxylic acids is 2. The van der Waals surface area contributed by atoms with E-state index >= 15 is 0 Å². The molecule has 1 saturated heterocycles. The highest BCUT2D eigenvalue weighted by molar-refractivity contribution is 5.94. The monoisotopic (exact) mass is 250 g/mol. The molecule has 2 rings (SSSR count). The van der Waals surface area contributed by atoms with Crippen LogP contribution >= 0.6 is 0 Å². The van der Waals surface area contributed by atoms with Crippen LogP contribution < -0.4 is 5.32 Å². The molecular formula is C12H18N4O2. The Bertz CT molecular complexity index is 455. The van der Waals surface area contributed by atoms with Gasteiger partial charge in [-0.1, -0.05) is 0 Å². The Kier molecular flexibility index (Phi) is 3.64.